The molecule has 0 saturated heterocycles. The fourth-order valence-corrected chi connectivity index (χ4v) is 2.55. The molecular formula is C15H23N3O. The Morgan fingerprint density at radius 2 is 2.11 bits per heavy atom. The van der Waals surface area contributed by atoms with Crippen molar-refractivity contribution in [2.24, 2.45) is 11.7 Å². The highest BCUT2D eigenvalue weighted by Gasteiger charge is 2.17. The molecule has 2 rings (SSSR count). The number of rotatable bonds is 5. The van der Waals surface area contributed by atoms with Crippen LogP contribution in [0, 0.1) is 12.8 Å². The normalized spacial score (nSPS) is 13.6. The van der Waals surface area contributed by atoms with Crippen LogP contribution in [0.4, 0.5) is 0 Å². The van der Waals surface area contributed by atoms with Crippen LogP contribution in [0.5, 0.6) is 0 Å². The van der Waals surface area contributed by atoms with Gasteiger partial charge in [0.05, 0.1) is 0 Å². The Hall–Kier alpha value is -1.39. The van der Waals surface area contributed by atoms with E-state index in [0.29, 0.717) is 24.4 Å². The number of hydrogen-bond donors (Lipinski definition) is 1. The highest BCUT2D eigenvalue weighted by molar-refractivity contribution is 5.73. The van der Waals surface area contributed by atoms with Gasteiger partial charge in [-0.05, 0) is 30.7 Å². The molecule has 0 saturated carbocycles. The zero-order valence-electron chi connectivity index (χ0n) is 12.2. The van der Waals surface area contributed by atoms with E-state index in [4.69, 9.17) is 10.2 Å². The number of nitrogens with two attached hydrogens (primary N) is 1. The highest BCUT2D eigenvalue weighted by Crippen LogP contribution is 2.19. The zero-order valence-corrected chi connectivity index (χ0v) is 12.2. The quantitative estimate of drug-likeness (QED) is 0.898. The van der Waals surface area contributed by atoms with Crippen LogP contribution >= 0.6 is 0 Å². The van der Waals surface area contributed by atoms with Gasteiger partial charge < -0.3 is 10.2 Å². The third kappa shape index (κ3) is 3.14. The maximum Gasteiger partial charge on any atom is 0.192 e. The van der Waals surface area contributed by atoms with Crippen molar-refractivity contribution in [1.29, 1.82) is 0 Å². The maximum absolute atomic E-state index is 5.85. The van der Waals surface area contributed by atoms with Crippen LogP contribution in [0.3, 0.4) is 0 Å². The van der Waals surface area contributed by atoms with Gasteiger partial charge in [0.15, 0.2) is 11.5 Å². The lowest BCUT2D eigenvalue weighted by atomic mass is 10.0. The number of fused-ring (bicyclic) bond motifs is 1. The zero-order chi connectivity index (χ0) is 14.0. The van der Waals surface area contributed by atoms with E-state index in [1.807, 2.05) is 13.0 Å². The Kier molecular flexibility index (Phi) is 4.22. The molecule has 0 aliphatic rings. The number of aryl methyl sites for hydroxylation is 1. The van der Waals surface area contributed by atoms with Crippen LogP contribution in [0.25, 0.3) is 11.1 Å². The van der Waals surface area contributed by atoms with Crippen LogP contribution in [-0.4, -0.2) is 29.5 Å². The second kappa shape index (κ2) is 5.72. The molecule has 0 fully saturated rings. The van der Waals surface area contributed by atoms with Gasteiger partial charge >= 0.3 is 0 Å². The second-order valence-corrected chi connectivity index (χ2v) is 5.50. The van der Waals surface area contributed by atoms with Crippen molar-refractivity contribution in [3.8, 4) is 0 Å². The number of oxazole rings is 1. The van der Waals surface area contributed by atoms with Crippen LogP contribution in [0.2, 0.25) is 0 Å². The molecule has 0 aliphatic heterocycles. The van der Waals surface area contributed by atoms with Gasteiger partial charge in [-0.1, -0.05) is 19.9 Å². The SMILES string of the molecule is Cc1nc2ccc(CN(C)C(CN)C(C)C)cc2o1. The molecule has 0 radical (unpaired) electrons. The molecule has 1 unspecified atom stereocenters. The number of benzene rings is 1. The van der Waals surface area contributed by atoms with E-state index in [2.05, 4.69) is 42.9 Å². The van der Waals surface area contributed by atoms with Crippen molar-refractivity contribution in [3.63, 3.8) is 0 Å². The number of likely N-dealkylation sites (N-methyl/N-ethyl adjacent to an activating group) is 1. The number of aromatic nitrogens is 1. The lowest BCUT2D eigenvalue weighted by molar-refractivity contribution is 0.190. The Morgan fingerprint density at radius 1 is 1.37 bits per heavy atom. The van der Waals surface area contributed by atoms with Gasteiger partial charge in [-0.2, -0.15) is 0 Å². The Labute approximate surface area is 114 Å². The van der Waals surface area contributed by atoms with Gasteiger partial charge in [0, 0.05) is 26.1 Å². The molecule has 4 nitrogen and oxygen atoms in total. The standard InChI is InChI=1S/C15H23N3O/c1-10(2)14(8-16)18(4)9-12-5-6-13-15(7-12)19-11(3)17-13/h5-7,10,14H,8-9,16H2,1-4H3. The second-order valence-electron chi connectivity index (χ2n) is 5.50. The molecule has 0 aliphatic carbocycles. The fraction of sp³-hybridized carbons (Fsp3) is 0.533. The predicted molar refractivity (Wildman–Crippen MR) is 77.9 cm³/mol. The summed E-state index contributed by atoms with van der Waals surface area (Å²) in [5.74, 6) is 1.26. The van der Waals surface area contributed by atoms with Crippen LogP contribution in [-0.2, 0) is 6.54 Å². The van der Waals surface area contributed by atoms with Crippen molar-refractivity contribution in [1.82, 2.24) is 9.88 Å². The lowest BCUT2D eigenvalue weighted by Gasteiger charge is -2.30. The summed E-state index contributed by atoms with van der Waals surface area (Å²) < 4.78 is 5.57. The topological polar surface area (TPSA) is 55.3 Å². The van der Waals surface area contributed by atoms with Crippen molar-refractivity contribution in [2.75, 3.05) is 13.6 Å². The number of hydrogen-bond acceptors (Lipinski definition) is 4. The van der Waals surface area contributed by atoms with E-state index in [9.17, 15) is 0 Å². The van der Waals surface area contributed by atoms with Crippen molar-refractivity contribution in [3.05, 3.63) is 29.7 Å². The smallest absolute Gasteiger partial charge is 0.192 e. The van der Waals surface area contributed by atoms with Gasteiger partial charge in [0.2, 0.25) is 0 Å². The minimum atomic E-state index is 0.396. The Bertz CT molecular complexity index is 547. The first-order valence-electron chi connectivity index (χ1n) is 6.77. The number of nitrogens with zero attached hydrogens (tertiary/aromatic N) is 2. The first kappa shape index (κ1) is 14.0. The average Bonchev–Trinajstić information content (AvgIpc) is 2.68. The average molecular weight is 261 g/mol. The monoisotopic (exact) mass is 261 g/mol. The van der Waals surface area contributed by atoms with E-state index in [-0.39, 0.29) is 0 Å². The minimum Gasteiger partial charge on any atom is -0.441 e. The van der Waals surface area contributed by atoms with Gasteiger partial charge in [-0.3, -0.25) is 4.90 Å². The third-order valence-electron chi connectivity index (χ3n) is 3.57. The molecule has 2 N–H and O–H groups in total. The first-order chi connectivity index (χ1) is 9.01. The summed E-state index contributed by atoms with van der Waals surface area (Å²) in [7, 11) is 2.12. The predicted octanol–water partition coefficient (Wildman–Crippen LogP) is 2.55. The van der Waals surface area contributed by atoms with E-state index in [0.717, 1.165) is 17.6 Å². The summed E-state index contributed by atoms with van der Waals surface area (Å²) in [5.41, 5.74) is 8.86. The largest absolute Gasteiger partial charge is 0.441 e. The van der Waals surface area contributed by atoms with Crippen LogP contribution < -0.4 is 5.73 Å². The molecule has 4 heteroatoms. The third-order valence-corrected chi connectivity index (χ3v) is 3.57. The van der Waals surface area contributed by atoms with E-state index >= 15 is 0 Å². The summed E-state index contributed by atoms with van der Waals surface area (Å²) in [6.45, 7) is 7.83. The summed E-state index contributed by atoms with van der Waals surface area (Å²) in [6.07, 6.45) is 0. The molecule has 0 bridgehead atoms. The summed E-state index contributed by atoms with van der Waals surface area (Å²) >= 11 is 0. The molecule has 1 aromatic carbocycles. The van der Waals surface area contributed by atoms with Gasteiger partial charge in [0.25, 0.3) is 0 Å². The van der Waals surface area contributed by atoms with E-state index < -0.39 is 0 Å². The van der Waals surface area contributed by atoms with Crippen LogP contribution in [0.1, 0.15) is 25.3 Å². The summed E-state index contributed by atoms with van der Waals surface area (Å²) in [4.78, 5) is 6.61. The molecule has 1 heterocycles. The van der Waals surface area contributed by atoms with Crippen LogP contribution in [0.15, 0.2) is 22.6 Å². The van der Waals surface area contributed by atoms with Crippen molar-refractivity contribution < 1.29 is 4.42 Å². The summed E-state index contributed by atoms with van der Waals surface area (Å²) in [6, 6.07) is 6.59. The molecule has 2 aromatic rings. The van der Waals surface area contributed by atoms with Crippen molar-refractivity contribution >= 4 is 11.1 Å². The van der Waals surface area contributed by atoms with Gasteiger partial charge in [-0.25, -0.2) is 4.98 Å². The molecule has 0 amide bonds. The highest BCUT2D eigenvalue weighted by atomic mass is 16.3. The maximum atomic E-state index is 5.85. The Balaban J connectivity index is 2.16. The lowest BCUT2D eigenvalue weighted by Crippen LogP contribution is -2.41. The Morgan fingerprint density at radius 3 is 2.74 bits per heavy atom. The molecule has 1 atom stereocenters. The van der Waals surface area contributed by atoms with Gasteiger partial charge in [-0.15, -0.1) is 0 Å². The molecular weight excluding hydrogens is 238 g/mol. The molecule has 104 valence electrons. The van der Waals surface area contributed by atoms with E-state index in [1.54, 1.807) is 0 Å². The van der Waals surface area contributed by atoms with Crippen molar-refractivity contribution in [2.45, 2.75) is 33.4 Å². The minimum absolute atomic E-state index is 0.396. The van der Waals surface area contributed by atoms with Gasteiger partial charge in [0.1, 0.15) is 5.52 Å². The molecule has 19 heavy (non-hydrogen) atoms. The fourth-order valence-electron chi connectivity index (χ4n) is 2.55. The summed E-state index contributed by atoms with van der Waals surface area (Å²) in [5, 5.41) is 0. The first-order valence-corrected chi connectivity index (χ1v) is 6.77. The molecule has 1 aromatic heterocycles. The van der Waals surface area contributed by atoms with E-state index in [1.165, 1.54) is 5.56 Å². The molecule has 0 spiro atoms.